The molecule has 0 saturated heterocycles. The van der Waals surface area contributed by atoms with Gasteiger partial charge in [0.1, 0.15) is 13.2 Å². The van der Waals surface area contributed by atoms with Gasteiger partial charge in [-0.1, -0.05) is 320 Å². The summed E-state index contributed by atoms with van der Waals surface area (Å²) in [6.07, 6.45) is 84.1. The van der Waals surface area contributed by atoms with Gasteiger partial charge in [-0.15, -0.1) is 0 Å². The molecule has 456 valence electrons. The average molecular weight is 1090 g/mol. The lowest BCUT2D eigenvalue weighted by Gasteiger charge is -2.18. The topological polar surface area (TPSA) is 78.9 Å². The van der Waals surface area contributed by atoms with Crippen molar-refractivity contribution >= 4 is 17.9 Å². The normalized spacial score (nSPS) is 12.3. The number of carbonyl (C=O) groups is 3. The molecule has 6 heteroatoms. The second-order valence-corrected chi connectivity index (χ2v) is 23.4. The van der Waals surface area contributed by atoms with Gasteiger partial charge >= 0.3 is 17.9 Å². The summed E-state index contributed by atoms with van der Waals surface area (Å²) in [6, 6.07) is 0. The summed E-state index contributed by atoms with van der Waals surface area (Å²) < 4.78 is 17.0. The summed E-state index contributed by atoms with van der Waals surface area (Å²) in [5, 5.41) is 0. The molecule has 0 aliphatic heterocycles. The molecule has 0 bridgehead atoms. The summed E-state index contributed by atoms with van der Waals surface area (Å²) in [4.78, 5) is 38.5. The van der Waals surface area contributed by atoms with Crippen LogP contribution in [0.1, 0.15) is 374 Å². The van der Waals surface area contributed by atoms with Crippen LogP contribution >= 0.6 is 0 Å². The SMILES string of the molecule is CCCCCC/C=C\C/C=C\CCCCCCCCCC(=O)OCC(COC(=O)CCCCCCCCCCC/C=C\C/C=C\CCCCCCC)OC(=O)CCCCCCCCCCCCCCCCCCCCCCC. The van der Waals surface area contributed by atoms with Gasteiger partial charge < -0.3 is 14.2 Å². The van der Waals surface area contributed by atoms with Crippen molar-refractivity contribution in [3.63, 3.8) is 0 Å². The molecular weight excluding hydrogens is 961 g/mol. The monoisotopic (exact) mass is 1090 g/mol. The smallest absolute Gasteiger partial charge is 0.306 e. The fourth-order valence-corrected chi connectivity index (χ4v) is 10.3. The van der Waals surface area contributed by atoms with E-state index in [4.69, 9.17) is 14.2 Å². The number of hydrogen-bond donors (Lipinski definition) is 0. The van der Waals surface area contributed by atoms with Gasteiger partial charge in [-0.25, -0.2) is 0 Å². The molecule has 78 heavy (non-hydrogen) atoms. The zero-order chi connectivity index (χ0) is 56.4. The van der Waals surface area contributed by atoms with E-state index in [1.54, 1.807) is 0 Å². The number of ether oxygens (including phenoxy) is 3. The van der Waals surface area contributed by atoms with E-state index in [-0.39, 0.29) is 31.1 Å². The van der Waals surface area contributed by atoms with Crippen LogP contribution in [-0.4, -0.2) is 37.2 Å². The third kappa shape index (κ3) is 64.2. The lowest BCUT2D eigenvalue weighted by Crippen LogP contribution is -2.30. The Hall–Kier alpha value is -2.63. The minimum Gasteiger partial charge on any atom is -0.462 e. The standard InChI is InChI=1S/C72H132O6/c1-4-7-10-13-16-19-22-25-28-31-34-36-38-41-44-47-50-53-56-59-62-65-71(74)77-68-69(67-76-70(73)64-61-58-55-52-49-46-43-40-33-30-27-24-21-18-15-12-9-6-3)78-72(75)66-63-60-57-54-51-48-45-42-39-37-35-32-29-26-23-20-17-14-11-8-5-2/h21-22,24-25,30-31,33-34,69H,4-20,23,26-29,32,35-68H2,1-3H3/b24-21-,25-22-,33-30-,34-31-. The number of carbonyl (C=O) groups excluding carboxylic acids is 3. The molecule has 1 unspecified atom stereocenters. The fourth-order valence-electron chi connectivity index (χ4n) is 10.3. The van der Waals surface area contributed by atoms with Crippen LogP contribution in [0.25, 0.3) is 0 Å². The van der Waals surface area contributed by atoms with E-state index in [1.165, 1.54) is 257 Å². The summed E-state index contributed by atoms with van der Waals surface area (Å²) in [7, 11) is 0. The first kappa shape index (κ1) is 75.4. The van der Waals surface area contributed by atoms with Crippen molar-refractivity contribution in [3.8, 4) is 0 Å². The molecule has 0 spiro atoms. The van der Waals surface area contributed by atoms with Gasteiger partial charge in [0.2, 0.25) is 0 Å². The van der Waals surface area contributed by atoms with Crippen molar-refractivity contribution < 1.29 is 28.6 Å². The molecule has 0 aromatic rings. The highest BCUT2D eigenvalue weighted by atomic mass is 16.6. The zero-order valence-electron chi connectivity index (χ0n) is 52.5. The number of unbranched alkanes of at least 4 members (excludes halogenated alkanes) is 45. The largest absolute Gasteiger partial charge is 0.462 e. The Balaban J connectivity index is 4.34. The highest BCUT2D eigenvalue weighted by Gasteiger charge is 2.19. The maximum atomic E-state index is 13.0. The van der Waals surface area contributed by atoms with Gasteiger partial charge in [-0.2, -0.15) is 0 Å². The van der Waals surface area contributed by atoms with Crippen LogP contribution in [0.3, 0.4) is 0 Å². The Morgan fingerprint density at radius 2 is 0.462 bits per heavy atom. The average Bonchev–Trinajstić information content (AvgIpc) is 3.44. The van der Waals surface area contributed by atoms with Crippen LogP contribution in [0.5, 0.6) is 0 Å². The van der Waals surface area contributed by atoms with E-state index in [0.29, 0.717) is 19.3 Å². The van der Waals surface area contributed by atoms with Crippen LogP contribution in [-0.2, 0) is 28.6 Å². The molecule has 0 aliphatic rings. The van der Waals surface area contributed by atoms with Gasteiger partial charge in [0.15, 0.2) is 6.10 Å². The van der Waals surface area contributed by atoms with Crippen molar-refractivity contribution in [3.05, 3.63) is 48.6 Å². The molecule has 6 nitrogen and oxygen atoms in total. The minimum absolute atomic E-state index is 0.0741. The molecule has 0 fully saturated rings. The van der Waals surface area contributed by atoms with E-state index in [2.05, 4.69) is 69.4 Å². The molecule has 0 amide bonds. The first-order valence-electron chi connectivity index (χ1n) is 34.6. The van der Waals surface area contributed by atoms with Crippen LogP contribution < -0.4 is 0 Å². The summed E-state index contributed by atoms with van der Waals surface area (Å²) in [6.45, 7) is 6.67. The number of rotatable bonds is 64. The molecule has 0 heterocycles. The molecule has 0 N–H and O–H groups in total. The van der Waals surface area contributed by atoms with Crippen LogP contribution in [0, 0.1) is 0 Å². The van der Waals surface area contributed by atoms with Crippen molar-refractivity contribution in [1.82, 2.24) is 0 Å². The molecule has 0 aromatic carbocycles. The first-order valence-corrected chi connectivity index (χ1v) is 34.6. The Kier molecular flexibility index (Phi) is 64.6. The molecule has 0 aliphatic carbocycles. The van der Waals surface area contributed by atoms with Gasteiger partial charge in [-0.3, -0.25) is 14.4 Å². The van der Waals surface area contributed by atoms with Gasteiger partial charge in [-0.05, 0) is 83.5 Å². The Morgan fingerprint density at radius 1 is 0.256 bits per heavy atom. The van der Waals surface area contributed by atoms with E-state index in [9.17, 15) is 14.4 Å². The highest BCUT2D eigenvalue weighted by Crippen LogP contribution is 2.18. The van der Waals surface area contributed by atoms with Gasteiger partial charge in [0.05, 0.1) is 0 Å². The van der Waals surface area contributed by atoms with Crippen molar-refractivity contribution in [1.29, 1.82) is 0 Å². The van der Waals surface area contributed by atoms with E-state index < -0.39 is 6.10 Å². The third-order valence-electron chi connectivity index (χ3n) is 15.6. The zero-order valence-corrected chi connectivity index (χ0v) is 52.5. The second-order valence-electron chi connectivity index (χ2n) is 23.4. The predicted molar refractivity (Wildman–Crippen MR) is 339 cm³/mol. The summed E-state index contributed by atoms with van der Waals surface area (Å²) >= 11 is 0. The maximum Gasteiger partial charge on any atom is 0.306 e. The quantitative estimate of drug-likeness (QED) is 0.0261. The minimum atomic E-state index is -0.778. The third-order valence-corrected chi connectivity index (χ3v) is 15.6. The summed E-state index contributed by atoms with van der Waals surface area (Å²) in [5.41, 5.74) is 0. The first-order chi connectivity index (χ1) is 38.5. The Morgan fingerprint density at radius 3 is 0.718 bits per heavy atom. The van der Waals surface area contributed by atoms with Crippen LogP contribution in [0.15, 0.2) is 48.6 Å². The molecule has 0 aromatic heterocycles. The van der Waals surface area contributed by atoms with E-state index >= 15 is 0 Å². The Bertz CT molecular complexity index is 1350. The second kappa shape index (κ2) is 66.9. The number of allylic oxidation sites excluding steroid dienone is 8. The van der Waals surface area contributed by atoms with Crippen molar-refractivity contribution in [2.45, 2.75) is 380 Å². The number of esters is 3. The van der Waals surface area contributed by atoms with Crippen molar-refractivity contribution in [2.75, 3.05) is 13.2 Å². The lowest BCUT2D eigenvalue weighted by atomic mass is 10.0. The van der Waals surface area contributed by atoms with E-state index in [1.807, 2.05) is 0 Å². The molecule has 0 radical (unpaired) electrons. The van der Waals surface area contributed by atoms with Crippen molar-refractivity contribution in [2.24, 2.45) is 0 Å². The van der Waals surface area contributed by atoms with E-state index in [0.717, 1.165) is 77.0 Å². The van der Waals surface area contributed by atoms with Gasteiger partial charge in [0, 0.05) is 19.3 Å². The molecular formula is C72H132O6. The van der Waals surface area contributed by atoms with Crippen LogP contribution in [0.4, 0.5) is 0 Å². The number of hydrogen-bond acceptors (Lipinski definition) is 6. The molecule has 0 saturated carbocycles. The fraction of sp³-hybridized carbons (Fsp3) is 0.847. The summed E-state index contributed by atoms with van der Waals surface area (Å²) in [5.74, 6) is -0.859. The molecule has 1 atom stereocenters. The lowest BCUT2D eigenvalue weighted by molar-refractivity contribution is -0.167. The Labute approximate surface area is 486 Å². The predicted octanol–water partition coefficient (Wildman–Crippen LogP) is 23.7. The van der Waals surface area contributed by atoms with Crippen LogP contribution in [0.2, 0.25) is 0 Å². The maximum absolute atomic E-state index is 13.0. The molecule has 0 rings (SSSR count). The highest BCUT2D eigenvalue weighted by molar-refractivity contribution is 5.71. The van der Waals surface area contributed by atoms with Gasteiger partial charge in [0.25, 0.3) is 0 Å².